The molecule has 0 spiro atoms. The van der Waals surface area contributed by atoms with E-state index < -0.39 is 47.3 Å². The molecule has 2 heterocycles. The minimum atomic E-state index is -1.33. The third kappa shape index (κ3) is 5.32. The van der Waals surface area contributed by atoms with Crippen LogP contribution in [-0.2, 0) is 35.0 Å². The van der Waals surface area contributed by atoms with Gasteiger partial charge < -0.3 is 29.3 Å². The van der Waals surface area contributed by atoms with Gasteiger partial charge in [-0.05, 0) is 45.3 Å². The molecule has 2 rings (SSSR count). The Morgan fingerprint density at radius 1 is 1.43 bits per heavy atom. The summed E-state index contributed by atoms with van der Waals surface area (Å²) in [4.78, 5) is 38.3. The van der Waals surface area contributed by atoms with Gasteiger partial charge in [0.2, 0.25) is 12.7 Å². The van der Waals surface area contributed by atoms with Crippen molar-refractivity contribution in [3.8, 4) is 0 Å². The van der Waals surface area contributed by atoms with E-state index in [9.17, 15) is 24.0 Å². The van der Waals surface area contributed by atoms with Crippen molar-refractivity contribution < 1.29 is 33.5 Å². The summed E-state index contributed by atoms with van der Waals surface area (Å²) in [5, 5.41) is 19.4. The third-order valence-electron chi connectivity index (χ3n) is 4.92. The molecule has 168 valence electrons. The number of carbonyl (C=O) groups is 3. The molecule has 0 aliphatic carbocycles. The lowest BCUT2D eigenvalue weighted by atomic mass is 9.83. The molecule has 0 bridgehead atoms. The van der Waals surface area contributed by atoms with Crippen LogP contribution in [0.15, 0.2) is 11.3 Å². The van der Waals surface area contributed by atoms with E-state index in [0.717, 1.165) is 6.34 Å². The first-order valence-corrected chi connectivity index (χ1v) is 11.1. The van der Waals surface area contributed by atoms with Gasteiger partial charge in [-0.2, -0.15) is 0 Å². The number of fused-ring (bicyclic) bond motifs is 1. The number of aliphatic hydroxyl groups excluding tert-OH is 1. The van der Waals surface area contributed by atoms with Crippen LogP contribution in [0.4, 0.5) is 0 Å². The van der Waals surface area contributed by atoms with E-state index in [4.69, 9.17) is 14.9 Å². The van der Waals surface area contributed by atoms with Crippen LogP contribution in [0, 0.1) is 16.7 Å². The quantitative estimate of drug-likeness (QED) is 0.0804. The predicted molar refractivity (Wildman–Crippen MR) is 109 cm³/mol. The monoisotopic (exact) mass is 443 g/mol. The van der Waals surface area contributed by atoms with E-state index in [1.807, 2.05) is 0 Å². The molecule has 0 aromatic rings. The Morgan fingerprint density at radius 3 is 2.67 bits per heavy atom. The first-order chi connectivity index (χ1) is 14.0. The zero-order valence-electron chi connectivity index (χ0n) is 17.6. The number of nitrogens with one attached hydrogen (secondary N) is 2. The van der Waals surface area contributed by atoms with Crippen molar-refractivity contribution in [1.29, 1.82) is 5.41 Å². The third-order valence-corrected chi connectivity index (χ3v) is 6.25. The Balaban J connectivity index is 2.10. The van der Waals surface area contributed by atoms with Crippen LogP contribution in [0.25, 0.3) is 0 Å². The van der Waals surface area contributed by atoms with Crippen molar-refractivity contribution in [3.63, 3.8) is 0 Å². The van der Waals surface area contributed by atoms with Crippen molar-refractivity contribution >= 4 is 35.4 Å². The Hall–Kier alpha value is -2.11. The lowest BCUT2D eigenvalue weighted by Crippen LogP contribution is -2.61. The maximum Gasteiger partial charge on any atom is 0.358 e. The van der Waals surface area contributed by atoms with Crippen LogP contribution in [0.3, 0.4) is 0 Å². The van der Waals surface area contributed by atoms with E-state index in [-0.39, 0.29) is 29.2 Å². The molecule has 3 N–H and O–H groups in total. The molecule has 1 amide bonds. The standard InChI is InChI=1S/C19H29N3O7S/c1-11(23)14-13-7-12(8-30(27)6-5-21-9-20)15(22(13)16(14)24)17(25)28-10-29-18(26)19(2,3)4/h9,11,13-14,23H,5-8,10H2,1-4H3,(H2,20,21). The molecule has 30 heavy (non-hydrogen) atoms. The highest BCUT2D eigenvalue weighted by atomic mass is 32.2. The van der Waals surface area contributed by atoms with Crippen molar-refractivity contribution in [3.05, 3.63) is 11.3 Å². The predicted octanol–water partition coefficient (Wildman–Crippen LogP) is -0.113. The average Bonchev–Trinajstić information content (AvgIpc) is 2.94. The van der Waals surface area contributed by atoms with Gasteiger partial charge in [-0.3, -0.25) is 15.0 Å². The fourth-order valence-electron chi connectivity index (χ4n) is 3.41. The van der Waals surface area contributed by atoms with Crippen LogP contribution < -0.4 is 5.32 Å². The number of esters is 2. The number of hydrogen-bond donors (Lipinski definition) is 3. The van der Waals surface area contributed by atoms with Crippen molar-refractivity contribution in [2.45, 2.75) is 46.3 Å². The zero-order chi connectivity index (χ0) is 22.6. The maximum absolute atomic E-state index is 12.7. The second kappa shape index (κ2) is 9.80. The molecule has 10 nitrogen and oxygen atoms in total. The minimum absolute atomic E-state index is 0.0158. The Kier molecular flexibility index (Phi) is 7.89. The molecule has 0 aromatic carbocycles. The van der Waals surface area contributed by atoms with E-state index in [1.165, 1.54) is 11.8 Å². The second-order valence-electron chi connectivity index (χ2n) is 8.32. The van der Waals surface area contributed by atoms with Crippen molar-refractivity contribution in [2.75, 3.05) is 24.8 Å². The molecule has 2 aliphatic heterocycles. The highest BCUT2D eigenvalue weighted by Crippen LogP contribution is 2.44. The smallest absolute Gasteiger partial charge is 0.358 e. The SMILES string of the molecule is CC(O)C1C(=O)N2C(C(=O)OCOC(=O)C(C)(C)C)=C(C[S+]([O-])CCNC=N)CC12. The van der Waals surface area contributed by atoms with Gasteiger partial charge in [-0.25, -0.2) is 4.79 Å². The molecule has 1 saturated heterocycles. The number of amides is 1. The molecular formula is C19H29N3O7S. The molecule has 0 aromatic heterocycles. The van der Waals surface area contributed by atoms with E-state index in [2.05, 4.69) is 5.32 Å². The normalized spacial score (nSPS) is 22.7. The first kappa shape index (κ1) is 24.2. The number of nitrogens with zero attached hydrogens (tertiary/aromatic N) is 1. The summed E-state index contributed by atoms with van der Waals surface area (Å²) >= 11 is -1.33. The lowest BCUT2D eigenvalue weighted by molar-refractivity contribution is -0.175. The Morgan fingerprint density at radius 2 is 2.10 bits per heavy atom. The number of hydrogen-bond acceptors (Lipinski definition) is 8. The molecule has 0 saturated carbocycles. The topological polar surface area (TPSA) is 152 Å². The number of aliphatic hydroxyl groups is 1. The van der Waals surface area contributed by atoms with Gasteiger partial charge in [0, 0.05) is 5.57 Å². The van der Waals surface area contributed by atoms with Gasteiger partial charge >= 0.3 is 11.9 Å². The van der Waals surface area contributed by atoms with Crippen LogP contribution in [0.2, 0.25) is 0 Å². The summed E-state index contributed by atoms with van der Waals surface area (Å²) in [5.74, 6) is -2.05. The van der Waals surface area contributed by atoms with Crippen LogP contribution in [0.1, 0.15) is 34.1 Å². The van der Waals surface area contributed by atoms with Gasteiger partial charge in [-0.1, -0.05) is 0 Å². The first-order valence-electron chi connectivity index (χ1n) is 9.63. The number of ether oxygens (including phenoxy) is 2. The number of rotatable bonds is 10. The van der Waals surface area contributed by atoms with Gasteiger partial charge in [0.1, 0.15) is 17.2 Å². The molecule has 4 atom stereocenters. The molecular weight excluding hydrogens is 414 g/mol. The Labute approximate surface area is 178 Å². The van der Waals surface area contributed by atoms with Gasteiger partial charge in [-0.15, -0.1) is 0 Å². The van der Waals surface area contributed by atoms with Gasteiger partial charge in [0.05, 0.1) is 36.4 Å². The van der Waals surface area contributed by atoms with Crippen LogP contribution >= 0.6 is 0 Å². The summed E-state index contributed by atoms with van der Waals surface area (Å²) in [7, 11) is 0. The van der Waals surface area contributed by atoms with Gasteiger partial charge in [0.25, 0.3) is 0 Å². The number of carbonyl (C=O) groups excluding carboxylic acids is 3. The van der Waals surface area contributed by atoms with Crippen molar-refractivity contribution in [2.24, 2.45) is 11.3 Å². The van der Waals surface area contributed by atoms with Crippen LogP contribution in [-0.4, -0.2) is 75.7 Å². The summed E-state index contributed by atoms with van der Waals surface area (Å²) in [6.07, 6.45) is 0.452. The second-order valence-corrected chi connectivity index (χ2v) is 9.89. The molecule has 2 aliphatic rings. The van der Waals surface area contributed by atoms with Crippen molar-refractivity contribution in [1.82, 2.24) is 10.2 Å². The number of β-lactam (4-membered cyclic amide) rings is 1. The summed E-state index contributed by atoms with van der Waals surface area (Å²) in [6.45, 7) is 6.26. The molecule has 1 fully saturated rings. The Bertz CT molecular complexity index is 732. The average molecular weight is 444 g/mol. The summed E-state index contributed by atoms with van der Waals surface area (Å²) in [5.41, 5.74) is -0.229. The molecule has 0 radical (unpaired) electrons. The van der Waals surface area contributed by atoms with Crippen LogP contribution in [0.5, 0.6) is 0 Å². The van der Waals surface area contributed by atoms with E-state index >= 15 is 0 Å². The fourth-order valence-corrected chi connectivity index (χ4v) is 4.54. The molecule has 4 unspecified atom stereocenters. The maximum atomic E-state index is 12.7. The van der Waals surface area contributed by atoms with E-state index in [1.54, 1.807) is 20.8 Å². The summed E-state index contributed by atoms with van der Waals surface area (Å²) in [6, 6.07) is -0.385. The van der Waals surface area contributed by atoms with E-state index in [0.29, 0.717) is 18.5 Å². The largest absolute Gasteiger partial charge is 0.616 e. The highest BCUT2D eigenvalue weighted by molar-refractivity contribution is 7.91. The van der Waals surface area contributed by atoms with Gasteiger partial charge in [0.15, 0.2) is 0 Å². The minimum Gasteiger partial charge on any atom is -0.616 e. The molecule has 11 heteroatoms. The fraction of sp³-hybridized carbons (Fsp3) is 0.684. The lowest BCUT2D eigenvalue weighted by Gasteiger charge is -2.44. The highest BCUT2D eigenvalue weighted by Gasteiger charge is 2.57. The zero-order valence-corrected chi connectivity index (χ0v) is 18.4. The summed E-state index contributed by atoms with van der Waals surface area (Å²) < 4.78 is 22.4.